The monoisotopic (exact) mass is 335 g/mol. The van der Waals surface area contributed by atoms with E-state index in [1.807, 2.05) is 0 Å². The largest absolute Gasteiger partial charge is 0.328 e. The Morgan fingerprint density at radius 3 is 2.85 bits per heavy atom. The van der Waals surface area contributed by atoms with Crippen molar-refractivity contribution in [2.45, 2.75) is 57.5 Å². The zero-order chi connectivity index (χ0) is 14.3. The van der Waals surface area contributed by atoms with Crippen molar-refractivity contribution in [3.8, 4) is 0 Å². The number of rotatable bonds is 2. The summed E-state index contributed by atoms with van der Waals surface area (Å²) in [5.74, 6) is 1.73. The third-order valence-corrected chi connectivity index (χ3v) is 4.77. The van der Waals surface area contributed by atoms with E-state index in [4.69, 9.17) is 10.7 Å². The molecule has 20 heavy (non-hydrogen) atoms. The maximum atomic E-state index is 6.16. The summed E-state index contributed by atoms with van der Waals surface area (Å²) in [5, 5.41) is 0. The normalized spacial score (nSPS) is 23.6. The third kappa shape index (κ3) is 2.51. The summed E-state index contributed by atoms with van der Waals surface area (Å²) in [5.41, 5.74) is 8.48. The van der Waals surface area contributed by atoms with Gasteiger partial charge in [0, 0.05) is 22.5 Å². The zero-order valence-electron chi connectivity index (χ0n) is 12.1. The van der Waals surface area contributed by atoms with E-state index in [-0.39, 0.29) is 0 Å². The molecule has 4 heteroatoms. The summed E-state index contributed by atoms with van der Waals surface area (Å²) in [6, 6.07) is 7.13. The lowest BCUT2D eigenvalue weighted by atomic mass is 9.85. The summed E-state index contributed by atoms with van der Waals surface area (Å²) in [6.07, 6.45) is 4.66. The first kappa shape index (κ1) is 14.1. The van der Waals surface area contributed by atoms with Crippen LogP contribution in [-0.2, 0) is 0 Å². The molecule has 0 radical (unpaired) electrons. The average Bonchev–Trinajstić information content (AvgIpc) is 2.77. The second-order valence-electron chi connectivity index (χ2n) is 6.19. The molecule has 2 atom stereocenters. The Balaban J connectivity index is 2.11. The van der Waals surface area contributed by atoms with E-state index in [2.05, 4.69) is 52.5 Å². The van der Waals surface area contributed by atoms with Crippen LogP contribution in [0.2, 0.25) is 0 Å². The lowest BCUT2D eigenvalue weighted by Crippen LogP contribution is -2.28. The Hall–Kier alpha value is -0.870. The van der Waals surface area contributed by atoms with Gasteiger partial charge in [-0.3, -0.25) is 0 Å². The van der Waals surface area contributed by atoms with E-state index in [1.165, 1.54) is 24.2 Å². The molecule has 1 saturated carbocycles. The summed E-state index contributed by atoms with van der Waals surface area (Å²) >= 11 is 3.54. The van der Waals surface area contributed by atoms with Crippen molar-refractivity contribution in [1.29, 1.82) is 0 Å². The maximum Gasteiger partial charge on any atom is 0.113 e. The van der Waals surface area contributed by atoms with E-state index in [0.29, 0.717) is 18.0 Å². The molecule has 0 bridgehead atoms. The van der Waals surface area contributed by atoms with E-state index in [0.717, 1.165) is 22.8 Å². The van der Waals surface area contributed by atoms with Crippen LogP contribution in [0.3, 0.4) is 0 Å². The molecule has 108 valence electrons. The number of fused-ring (bicyclic) bond motifs is 1. The summed E-state index contributed by atoms with van der Waals surface area (Å²) < 4.78 is 3.48. The molecular formula is C16H22BrN3. The Morgan fingerprint density at radius 1 is 1.35 bits per heavy atom. The highest BCUT2D eigenvalue weighted by Gasteiger charge is 2.26. The third-order valence-electron chi connectivity index (χ3n) is 4.28. The molecule has 3 nitrogen and oxygen atoms in total. The second-order valence-corrected chi connectivity index (χ2v) is 7.11. The molecule has 2 unspecified atom stereocenters. The lowest BCUT2D eigenvalue weighted by Gasteiger charge is -2.27. The van der Waals surface area contributed by atoms with Gasteiger partial charge in [0.05, 0.1) is 11.0 Å². The van der Waals surface area contributed by atoms with E-state index in [9.17, 15) is 0 Å². The molecule has 1 aliphatic rings. The summed E-state index contributed by atoms with van der Waals surface area (Å²) in [4.78, 5) is 4.93. The Labute approximate surface area is 128 Å². The fraction of sp³-hybridized carbons (Fsp3) is 0.562. The van der Waals surface area contributed by atoms with Crippen molar-refractivity contribution in [3.05, 3.63) is 28.5 Å². The molecule has 0 spiro atoms. The quantitative estimate of drug-likeness (QED) is 0.885. The molecular weight excluding hydrogens is 314 g/mol. The van der Waals surface area contributed by atoms with Crippen molar-refractivity contribution >= 4 is 27.0 Å². The molecule has 2 N–H and O–H groups in total. The highest BCUT2D eigenvalue weighted by molar-refractivity contribution is 9.10. The number of imidazole rings is 1. The van der Waals surface area contributed by atoms with Gasteiger partial charge in [-0.1, -0.05) is 22.4 Å². The Morgan fingerprint density at radius 2 is 2.15 bits per heavy atom. The highest BCUT2D eigenvalue weighted by atomic mass is 79.9. The number of halogens is 1. The van der Waals surface area contributed by atoms with Crippen LogP contribution < -0.4 is 5.73 Å². The molecule has 1 aromatic carbocycles. The van der Waals surface area contributed by atoms with Gasteiger partial charge < -0.3 is 10.3 Å². The first-order chi connectivity index (χ1) is 9.56. The Bertz CT molecular complexity index is 617. The summed E-state index contributed by atoms with van der Waals surface area (Å²) in [7, 11) is 0. The van der Waals surface area contributed by atoms with Gasteiger partial charge >= 0.3 is 0 Å². The topological polar surface area (TPSA) is 43.8 Å². The summed E-state index contributed by atoms with van der Waals surface area (Å²) in [6.45, 7) is 4.46. The van der Waals surface area contributed by atoms with Crippen LogP contribution in [0.1, 0.15) is 57.3 Å². The van der Waals surface area contributed by atoms with Crippen LogP contribution in [-0.4, -0.2) is 15.6 Å². The fourth-order valence-electron chi connectivity index (χ4n) is 3.38. The first-order valence-electron chi connectivity index (χ1n) is 7.49. The molecule has 0 amide bonds. The predicted molar refractivity (Wildman–Crippen MR) is 87.0 cm³/mol. The van der Waals surface area contributed by atoms with Gasteiger partial charge in [-0.15, -0.1) is 0 Å². The van der Waals surface area contributed by atoms with Crippen molar-refractivity contribution in [2.75, 3.05) is 0 Å². The first-order valence-corrected chi connectivity index (χ1v) is 8.28. The van der Waals surface area contributed by atoms with Crippen LogP contribution in [0.15, 0.2) is 22.7 Å². The van der Waals surface area contributed by atoms with Gasteiger partial charge in [0.2, 0.25) is 0 Å². The number of hydrogen-bond donors (Lipinski definition) is 1. The number of benzene rings is 1. The minimum Gasteiger partial charge on any atom is -0.328 e. The molecule has 0 aliphatic heterocycles. The van der Waals surface area contributed by atoms with Gasteiger partial charge in [0.1, 0.15) is 5.82 Å². The number of nitrogens with zero attached hydrogens (tertiary/aromatic N) is 2. The van der Waals surface area contributed by atoms with Gasteiger partial charge in [-0.05, 0) is 51.3 Å². The van der Waals surface area contributed by atoms with Gasteiger partial charge in [-0.2, -0.15) is 0 Å². The van der Waals surface area contributed by atoms with Crippen LogP contribution in [0.5, 0.6) is 0 Å². The lowest BCUT2D eigenvalue weighted by molar-refractivity contribution is 0.369. The van der Waals surface area contributed by atoms with Crippen molar-refractivity contribution in [1.82, 2.24) is 9.55 Å². The van der Waals surface area contributed by atoms with Crippen molar-refractivity contribution in [3.63, 3.8) is 0 Å². The Kier molecular flexibility index (Phi) is 3.87. The van der Waals surface area contributed by atoms with E-state index >= 15 is 0 Å². The van der Waals surface area contributed by atoms with Crippen LogP contribution in [0, 0.1) is 0 Å². The van der Waals surface area contributed by atoms with Crippen molar-refractivity contribution in [2.24, 2.45) is 5.73 Å². The van der Waals surface area contributed by atoms with Gasteiger partial charge in [0.25, 0.3) is 0 Å². The second kappa shape index (κ2) is 5.49. The van der Waals surface area contributed by atoms with E-state index < -0.39 is 0 Å². The SMILES string of the molecule is CC(C)n1c(C2CCCC(N)C2)nc2cc(Br)ccc21. The molecule has 2 aromatic rings. The molecule has 1 fully saturated rings. The molecule has 0 saturated heterocycles. The van der Waals surface area contributed by atoms with Crippen LogP contribution in [0.4, 0.5) is 0 Å². The van der Waals surface area contributed by atoms with Gasteiger partial charge in [0.15, 0.2) is 0 Å². The van der Waals surface area contributed by atoms with Crippen LogP contribution in [0.25, 0.3) is 11.0 Å². The zero-order valence-corrected chi connectivity index (χ0v) is 13.7. The molecule has 3 rings (SSSR count). The standard InChI is InChI=1S/C16H22BrN3/c1-10(2)20-15-7-6-12(17)9-14(15)19-16(20)11-4-3-5-13(18)8-11/h6-7,9-11,13H,3-5,8,18H2,1-2H3. The minimum absolute atomic E-state index is 0.334. The van der Waals surface area contributed by atoms with E-state index in [1.54, 1.807) is 0 Å². The number of nitrogens with two attached hydrogens (primary N) is 1. The number of hydrogen-bond acceptors (Lipinski definition) is 2. The smallest absolute Gasteiger partial charge is 0.113 e. The predicted octanol–water partition coefficient (Wildman–Crippen LogP) is 4.36. The molecule has 1 aromatic heterocycles. The molecule has 1 heterocycles. The minimum atomic E-state index is 0.334. The van der Waals surface area contributed by atoms with Crippen LogP contribution >= 0.6 is 15.9 Å². The van der Waals surface area contributed by atoms with Crippen molar-refractivity contribution < 1.29 is 0 Å². The maximum absolute atomic E-state index is 6.16. The number of aromatic nitrogens is 2. The average molecular weight is 336 g/mol. The molecule has 1 aliphatic carbocycles. The highest BCUT2D eigenvalue weighted by Crippen LogP contribution is 2.35. The fourth-order valence-corrected chi connectivity index (χ4v) is 3.73. The van der Waals surface area contributed by atoms with Gasteiger partial charge in [-0.25, -0.2) is 4.98 Å².